The Kier molecular flexibility index (Phi) is 3.72. The number of alkyl halides is 3. The van der Waals surface area contributed by atoms with Gasteiger partial charge < -0.3 is 10.8 Å². The van der Waals surface area contributed by atoms with Gasteiger partial charge in [-0.15, -0.1) is 0 Å². The van der Waals surface area contributed by atoms with Crippen LogP contribution in [0.4, 0.5) is 17.6 Å². The van der Waals surface area contributed by atoms with Crippen LogP contribution in [0.1, 0.15) is 23.6 Å². The number of carbonyl (C=O) groups is 1. The predicted octanol–water partition coefficient (Wildman–Crippen LogP) is 2.32. The summed E-state index contributed by atoms with van der Waals surface area (Å²) in [7, 11) is 0. The van der Waals surface area contributed by atoms with Gasteiger partial charge in [0.15, 0.2) is 0 Å². The van der Waals surface area contributed by atoms with E-state index in [4.69, 9.17) is 10.8 Å². The van der Waals surface area contributed by atoms with Gasteiger partial charge in [0.1, 0.15) is 5.82 Å². The van der Waals surface area contributed by atoms with E-state index >= 15 is 0 Å². The molecule has 0 heterocycles. The molecule has 17 heavy (non-hydrogen) atoms. The minimum Gasteiger partial charge on any atom is -0.481 e. The highest BCUT2D eigenvalue weighted by molar-refractivity contribution is 5.68. The molecule has 0 aromatic heterocycles. The zero-order chi connectivity index (χ0) is 13.2. The summed E-state index contributed by atoms with van der Waals surface area (Å²) in [6, 6.07) is 0.638. The lowest BCUT2D eigenvalue weighted by Crippen LogP contribution is -2.20. The molecule has 3 nitrogen and oxygen atoms in total. The molecule has 1 aromatic carbocycles. The highest BCUT2D eigenvalue weighted by atomic mass is 19.4. The fourth-order valence-electron chi connectivity index (χ4n) is 1.40. The lowest BCUT2D eigenvalue weighted by atomic mass is 9.98. The molecule has 0 saturated carbocycles. The Bertz CT molecular complexity index is 431. The topological polar surface area (TPSA) is 63.3 Å². The van der Waals surface area contributed by atoms with Crippen molar-refractivity contribution in [2.75, 3.05) is 0 Å². The number of hydrogen-bond donors (Lipinski definition) is 2. The number of carboxylic acid groups (broad SMARTS) is 1. The smallest absolute Gasteiger partial charge is 0.416 e. The first kappa shape index (κ1) is 13.4. The number of nitrogens with two attached hydrogens (primary N) is 1. The molecule has 0 aliphatic rings. The number of benzene rings is 1. The summed E-state index contributed by atoms with van der Waals surface area (Å²) in [5.41, 5.74) is 3.67. The molecule has 0 bridgehead atoms. The fourth-order valence-corrected chi connectivity index (χ4v) is 1.40. The van der Waals surface area contributed by atoms with Crippen LogP contribution in [0, 0.1) is 5.82 Å². The molecule has 94 valence electrons. The Labute approximate surface area is 93.8 Å². The first-order chi connectivity index (χ1) is 7.71. The fraction of sp³-hybridized carbons (Fsp3) is 0.300. The predicted molar refractivity (Wildman–Crippen MR) is 50.6 cm³/mol. The molecule has 1 atom stereocenters. The summed E-state index contributed by atoms with van der Waals surface area (Å²) in [5.74, 6) is -2.38. The number of aliphatic carboxylic acids is 1. The van der Waals surface area contributed by atoms with Gasteiger partial charge in [0.05, 0.1) is 12.0 Å². The second-order valence-corrected chi connectivity index (χ2v) is 3.43. The van der Waals surface area contributed by atoms with Crippen LogP contribution in [0.2, 0.25) is 0 Å². The highest BCUT2D eigenvalue weighted by Crippen LogP contribution is 2.35. The summed E-state index contributed by atoms with van der Waals surface area (Å²) < 4.78 is 50.4. The first-order valence-electron chi connectivity index (χ1n) is 4.56. The quantitative estimate of drug-likeness (QED) is 0.810. The lowest BCUT2D eigenvalue weighted by molar-refractivity contribution is -0.140. The van der Waals surface area contributed by atoms with E-state index in [1.165, 1.54) is 0 Å². The molecule has 0 unspecified atom stereocenters. The van der Waals surface area contributed by atoms with Gasteiger partial charge >= 0.3 is 12.1 Å². The molecule has 1 rings (SSSR count). The van der Waals surface area contributed by atoms with Gasteiger partial charge in [0.25, 0.3) is 0 Å². The number of hydrogen-bond acceptors (Lipinski definition) is 2. The van der Waals surface area contributed by atoms with Crippen LogP contribution in [0.5, 0.6) is 0 Å². The zero-order valence-corrected chi connectivity index (χ0v) is 8.46. The zero-order valence-electron chi connectivity index (χ0n) is 8.46. The molecule has 0 aliphatic carbocycles. The summed E-state index contributed by atoms with van der Waals surface area (Å²) in [4.78, 5) is 10.4. The maximum Gasteiger partial charge on any atom is 0.416 e. The van der Waals surface area contributed by atoms with E-state index in [0.717, 1.165) is 12.1 Å². The van der Waals surface area contributed by atoms with Crippen molar-refractivity contribution in [2.24, 2.45) is 5.73 Å². The monoisotopic (exact) mass is 251 g/mol. The third kappa shape index (κ3) is 3.42. The minimum atomic E-state index is -4.77. The van der Waals surface area contributed by atoms with Crippen molar-refractivity contribution in [2.45, 2.75) is 18.6 Å². The Morgan fingerprint density at radius 1 is 1.41 bits per heavy atom. The normalized spacial score (nSPS) is 13.5. The van der Waals surface area contributed by atoms with E-state index in [1.807, 2.05) is 0 Å². The van der Waals surface area contributed by atoms with Gasteiger partial charge in [-0.3, -0.25) is 4.79 Å². The SMILES string of the molecule is N[C@H](CC(=O)O)c1ccc(F)cc1C(F)(F)F. The molecule has 0 radical (unpaired) electrons. The van der Waals surface area contributed by atoms with Gasteiger partial charge in [-0.2, -0.15) is 13.2 Å². The molecule has 1 aromatic rings. The molecule has 0 aliphatic heterocycles. The van der Waals surface area contributed by atoms with E-state index in [0.29, 0.717) is 6.07 Å². The van der Waals surface area contributed by atoms with Gasteiger partial charge in [0, 0.05) is 6.04 Å². The Balaban J connectivity index is 3.19. The van der Waals surface area contributed by atoms with E-state index in [9.17, 15) is 22.4 Å². The Morgan fingerprint density at radius 3 is 2.47 bits per heavy atom. The number of halogens is 4. The summed E-state index contributed by atoms with van der Waals surface area (Å²) in [6.45, 7) is 0. The molecule has 3 N–H and O–H groups in total. The van der Waals surface area contributed by atoms with E-state index in [1.54, 1.807) is 0 Å². The third-order valence-corrected chi connectivity index (χ3v) is 2.11. The van der Waals surface area contributed by atoms with Crippen LogP contribution in [-0.2, 0) is 11.0 Å². The second kappa shape index (κ2) is 4.70. The van der Waals surface area contributed by atoms with Crippen LogP contribution < -0.4 is 5.73 Å². The van der Waals surface area contributed by atoms with Crippen molar-refractivity contribution < 1.29 is 27.5 Å². The molecule has 0 amide bonds. The largest absolute Gasteiger partial charge is 0.481 e. The van der Waals surface area contributed by atoms with Crippen molar-refractivity contribution in [3.8, 4) is 0 Å². The van der Waals surface area contributed by atoms with Crippen LogP contribution in [0.15, 0.2) is 18.2 Å². The van der Waals surface area contributed by atoms with Crippen LogP contribution in [-0.4, -0.2) is 11.1 Å². The van der Waals surface area contributed by atoms with Crippen molar-refractivity contribution >= 4 is 5.97 Å². The van der Waals surface area contributed by atoms with Crippen molar-refractivity contribution in [3.05, 3.63) is 35.1 Å². The maximum absolute atomic E-state index is 12.7. The summed E-state index contributed by atoms with van der Waals surface area (Å²) >= 11 is 0. The molecular weight excluding hydrogens is 242 g/mol. The standard InChI is InChI=1S/C10H9F4NO2/c11-5-1-2-6(8(15)4-9(16)17)7(3-5)10(12,13)14/h1-3,8H,4,15H2,(H,16,17)/t8-/m1/s1. The summed E-state index contributed by atoms with van der Waals surface area (Å²) in [5, 5.41) is 8.46. The van der Waals surface area contributed by atoms with Crippen LogP contribution >= 0.6 is 0 Å². The lowest BCUT2D eigenvalue weighted by Gasteiger charge is -2.17. The van der Waals surface area contributed by atoms with Gasteiger partial charge in [0.2, 0.25) is 0 Å². The number of carboxylic acids is 1. The van der Waals surface area contributed by atoms with Crippen molar-refractivity contribution in [1.82, 2.24) is 0 Å². The van der Waals surface area contributed by atoms with Crippen LogP contribution in [0.3, 0.4) is 0 Å². The second-order valence-electron chi connectivity index (χ2n) is 3.43. The summed E-state index contributed by atoms with van der Waals surface area (Å²) in [6.07, 6.45) is -5.43. The minimum absolute atomic E-state index is 0.303. The van der Waals surface area contributed by atoms with Gasteiger partial charge in [-0.1, -0.05) is 6.07 Å². The Morgan fingerprint density at radius 2 is 2.00 bits per heavy atom. The highest BCUT2D eigenvalue weighted by Gasteiger charge is 2.35. The van der Waals surface area contributed by atoms with Crippen molar-refractivity contribution in [1.29, 1.82) is 0 Å². The molecule has 0 fully saturated rings. The van der Waals surface area contributed by atoms with Crippen molar-refractivity contribution in [3.63, 3.8) is 0 Å². The molecule has 0 saturated heterocycles. The van der Waals surface area contributed by atoms with E-state index < -0.39 is 41.6 Å². The maximum atomic E-state index is 12.7. The molecule has 0 spiro atoms. The molecular formula is C10H9F4NO2. The third-order valence-electron chi connectivity index (χ3n) is 2.11. The number of rotatable bonds is 3. The van der Waals surface area contributed by atoms with E-state index in [2.05, 4.69) is 0 Å². The van der Waals surface area contributed by atoms with Gasteiger partial charge in [-0.25, -0.2) is 4.39 Å². The average Bonchev–Trinajstić information content (AvgIpc) is 2.14. The van der Waals surface area contributed by atoms with E-state index in [-0.39, 0.29) is 0 Å². The van der Waals surface area contributed by atoms with Gasteiger partial charge in [-0.05, 0) is 17.7 Å². The first-order valence-corrected chi connectivity index (χ1v) is 4.56. The van der Waals surface area contributed by atoms with Crippen LogP contribution in [0.25, 0.3) is 0 Å². The molecule has 7 heteroatoms. The average molecular weight is 251 g/mol. The Hall–Kier alpha value is -1.63.